The smallest absolute Gasteiger partial charge is 0.132 e. The molecule has 1 aliphatic carbocycles. The van der Waals surface area contributed by atoms with Gasteiger partial charge in [0, 0.05) is 16.4 Å². The molecule has 0 aromatic heterocycles. The summed E-state index contributed by atoms with van der Waals surface area (Å²) in [5.74, 6) is 0.826. The van der Waals surface area contributed by atoms with Crippen molar-refractivity contribution in [2.45, 2.75) is 48.1 Å². The molecule has 1 aromatic carbocycles. The Morgan fingerprint density at radius 3 is 2.90 bits per heavy atom. The maximum absolute atomic E-state index is 10.0. The number of ether oxygens (including phenoxy) is 1. The molecule has 0 bridgehead atoms. The second-order valence-electron chi connectivity index (χ2n) is 6.22. The van der Waals surface area contributed by atoms with E-state index in [2.05, 4.69) is 36.7 Å². The first-order valence-electron chi connectivity index (χ1n) is 7.32. The van der Waals surface area contributed by atoms with Crippen molar-refractivity contribution < 1.29 is 9.84 Å². The van der Waals surface area contributed by atoms with Crippen molar-refractivity contribution in [3.8, 4) is 5.75 Å². The van der Waals surface area contributed by atoms with Crippen LogP contribution in [0.2, 0.25) is 0 Å². The molecule has 20 heavy (non-hydrogen) atoms. The molecule has 110 valence electrons. The molecule has 3 atom stereocenters. The molecule has 1 aromatic rings. The monoisotopic (exact) mass is 293 g/mol. The number of benzene rings is 1. The van der Waals surface area contributed by atoms with Gasteiger partial charge >= 0.3 is 0 Å². The number of aliphatic hydroxyl groups excluding tert-OH is 1. The summed E-state index contributed by atoms with van der Waals surface area (Å²) in [5, 5.41) is 10.0. The lowest BCUT2D eigenvalue weighted by atomic mass is 9.65. The summed E-state index contributed by atoms with van der Waals surface area (Å²) in [5.41, 5.74) is 1.53. The minimum Gasteiger partial charge on any atom is -0.496 e. The van der Waals surface area contributed by atoms with Crippen LogP contribution in [0, 0.1) is 0 Å². The SMILES string of the molecule is COc1ccc([C@@]23CC[C@@H](O)C[C@@H]2N(C)CC3)cc1S. The fraction of sp³-hybridized carbons (Fsp3) is 0.625. The summed E-state index contributed by atoms with van der Waals surface area (Å²) >= 11 is 4.55. The zero-order chi connectivity index (χ0) is 14.3. The third-order valence-electron chi connectivity index (χ3n) is 5.25. The van der Waals surface area contributed by atoms with Crippen LogP contribution in [0.15, 0.2) is 23.1 Å². The van der Waals surface area contributed by atoms with Crippen LogP contribution in [0.1, 0.15) is 31.2 Å². The van der Waals surface area contributed by atoms with Gasteiger partial charge < -0.3 is 14.7 Å². The van der Waals surface area contributed by atoms with Crippen molar-refractivity contribution in [1.82, 2.24) is 4.90 Å². The van der Waals surface area contributed by atoms with Gasteiger partial charge in [-0.15, -0.1) is 12.6 Å². The number of likely N-dealkylation sites (tertiary alicyclic amines) is 1. The molecule has 1 saturated carbocycles. The molecule has 1 saturated heterocycles. The van der Waals surface area contributed by atoms with E-state index in [9.17, 15) is 5.11 Å². The summed E-state index contributed by atoms with van der Waals surface area (Å²) in [6, 6.07) is 6.80. The fourth-order valence-electron chi connectivity index (χ4n) is 4.10. The van der Waals surface area contributed by atoms with Gasteiger partial charge in [-0.05, 0) is 57.0 Å². The highest BCUT2D eigenvalue weighted by Gasteiger charge is 2.50. The molecule has 3 rings (SSSR count). The normalized spacial score (nSPS) is 34.0. The molecule has 2 fully saturated rings. The van der Waals surface area contributed by atoms with Crippen LogP contribution in [0.25, 0.3) is 0 Å². The number of nitrogens with zero attached hydrogens (tertiary/aromatic N) is 1. The van der Waals surface area contributed by atoms with Gasteiger partial charge in [0.2, 0.25) is 0 Å². The number of hydrogen-bond donors (Lipinski definition) is 2. The molecular formula is C16H23NO2S. The lowest BCUT2D eigenvalue weighted by Gasteiger charge is -2.43. The number of methoxy groups -OCH3 is 1. The molecule has 0 radical (unpaired) electrons. The van der Waals surface area contributed by atoms with Crippen molar-refractivity contribution in [2.75, 3.05) is 20.7 Å². The van der Waals surface area contributed by atoms with Crippen LogP contribution < -0.4 is 4.74 Å². The van der Waals surface area contributed by atoms with E-state index in [1.165, 1.54) is 12.0 Å². The third kappa shape index (κ3) is 2.14. The van der Waals surface area contributed by atoms with Gasteiger partial charge in [-0.1, -0.05) is 6.07 Å². The van der Waals surface area contributed by atoms with E-state index >= 15 is 0 Å². The Morgan fingerprint density at radius 2 is 2.20 bits per heavy atom. The Hall–Kier alpha value is -0.710. The van der Waals surface area contributed by atoms with E-state index in [1.54, 1.807) is 7.11 Å². The average molecular weight is 293 g/mol. The van der Waals surface area contributed by atoms with Gasteiger partial charge in [0.1, 0.15) is 5.75 Å². The summed E-state index contributed by atoms with van der Waals surface area (Å²) in [6.45, 7) is 1.10. The Morgan fingerprint density at radius 1 is 1.40 bits per heavy atom. The zero-order valence-corrected chi connectivity index (χ0v) is 13.1. The number of rotatable bonds is 2. The minimum absolute atomic E-state index is 0.151. The first-order valence-corrected chi connectivity index (χ1v) is 7.77. The maximum atomic E-state index is 10.0. The molecule has 0 spiro atoms. The standard InChI is InChI=1S/C16H23NO2S/c1-17-8-7-16(6-5-12(18)10-15(16)17)11-3-4-13(19-2)14(20)9-11/h3-4,9,12,15,18,20H,5-8,10H2,1-2H3/t12-,15+,16+/m1/s1. The number of likely N-dealkylation sites (N-methyl/N-ethyl adjacent to an activating group) is 1. The Balaban J connectivity index is 2.00. The summed E-state index contributed by atoms with van der Waals surface area (Å²) in [4.78, 5) is 3.31. The largest absolute Gasteiger partial charge is 0.496 e. The number of thiol groups is 1. The van der Waals surface area contributed by atoms with Crippen LogP contribution in [0.3, 0.4) is 0 Å². The Labute approximate surface area is 126 Å². The Bertz CT molecular complexity index is 507. The molecular weight excluding hydrogens is 270 g/mol. The predicted octanol–water partition coefficient (Wildman–Crippen LogP) is 2.47. The van der Waals surface area contributed by atoms with E-state index in [4.69, 9.17) is 4.74 Å². The van der Waals surface area contributed by atoms with Gasteiger partial charge in [-0.25, -0.2) is 0 Å². The minimum atomic E-state index is -0.151. The van der Waals surface area contributed by atoms with Crippen molar-refractivity contribution in [3.05, 3.63) is 23.8 Å². The maximum Gasteiger partial charge on any atom is 0.132 e. The lowest BCUT2D eigenvalue weighted by Crippen LogP contribution is -2.47. The molecule has 0 unspecified atom stereocenters. The average Bonchev–Trinajstić information content (AvgIpc) is 2.77. The van der Waals surface area contributed by atoms with Crippen LogP contribution in [-0.2, 0) is 5.41 Å². The van der Waals surface area contributed by atoms with Crippen molar-refractivity contribution in [3.63, 3.8) is 0 Å². The van der Waals surface area contributed by atoms with Crippen LogP contribution >= 0.6 is 12.6 Å². The highest BCUT2D eigenvalue weighted by molar-refractivity contribution is 7.80. The fourth-order valence-corrected chi connectivity index (χ4v) is 4.40. The van der Waals surface area contributed by atoms with Gasteiger partial charge in [-0.3, -0.25) is 0 Å². The molecule has 0 amide bonds. The summed E-state index contributed by atoms with van der Waals surface area (Å²) in [6.07, 6.45) is 3.86. The number of fused-ring (bicyclic) bond motifs is 1. The topological polar surface area (TPSA) is 32.7 Å². The molecule has 1 heterocycles. The van der Waals surface area contributed by atoms with E-state index in [0.717, 1.165) is 36.5 Å². The van der Waals surface area contributed by atoms with E-state index in [1.807, 2.05) is 6.07 Å². The molecule has 1 aliphatic heterocycles. The van der Waals surface area contributed by atoms with E-state index in [-0.39, 0.29) is 11.5 Å². The quantitative estimate of drug-likeness (QED) is 0.822. The Kier molecular flexibility index (Phi) is 3.73. The predicted molar refractivity (Wildman–Crippen MR) is 82.8 cm³/mol. The van der Waals surface area contributed by atoms with Crippen LogP contribution in [-0.4, -0.2) is 42.9 Å². The van der Waals surface area contributed by atoms with Gasteiger partial charge in [-0.2, -0.15) is 0 Å². The molecule has 1 N–H and O–H groups in total. The van der Waals surface area contributed by atoms with E-state index in [0.29, 0.717) is 6.04 Å². The van der Waals surface area contributed by atoms with E-state index < -0.39 is 0 Å². The second-order valence-corrected chi connectivity index (χ2v) is 6.70. The highest BCUT2D eigenvalue weighted by Crippen LogP contribution is 2.49. The summed E-state index contributed by atoms with van der Waals surface area (Å²) in [7, 11) is 3.85. The molecule has 2 aliphatic rings. The van der Waals surface area contributed by atoms with Gasteiger partial charge in [0.15, 0.2) is 0 Å². The van der Waals surface area contributed by atoms with Crippen molar-refractivity contribution in [2.24, 2.45) is 0 Å². The van der Waals surface area contributed by atoms with Gasteiger partial charge in [0.25, 0.3) is 0 Å². The first-order chi connectivity index (χ1) is 9.56. The first kappa shape index (κ1) is 14.2. The number of aliphatic hydroxyl groups is 1. The van der Waals surface area contributed by atoms with Crippen LogP contribution in [0.5, 0.6) is 5.75 Å². The summed E-state index contributed by atoms with van der Waals surface area (Å²) < 4.78 is 5.31. The van der Waals surface area contributed by atoms with Gasteiger partial charge in [0.05, 0.1) is 13.2 Å². The highest BCUT2D eigenvalue weighted by atomic mass is 32.1. The second kappa shape index (κ2) is 5.24. The molecule has 3 nitrogen and oxygen atoms in total. The molecule has 4 heteroatoms. The lowest BCUT2D eigenvalue weighted by molar-refractivity contribution is 0.0566. The third-order valence-corrected chi connectivity index (χ3v) is 5.60. The zero-order valence-electron chi connectivity index (χ0n) is 12.2. The van der Waals surface area contributed by atoms with Crippen molar-refractivity contribution >= 4 is 12.6 Å². The van der Waals surface area contributed by atoms with Crippen LogP contribution in [0.4, 0.5) is 0 Å². The van der Waals surface area contributed by atoms with Crippen molar-refractivity contribution in [1.29, 1.82) is 0 Å². The number of hydrogen-bond acceptors (Lipinski definition) is 4.